The van der Waals surface area contributed by atoms with E-state index in [-0.39, 0.29) is 16.1 Å². The highest BCUT2D eigenvalue weighted by atomic mass is 32.2. The van der Waals surface area contributed by atoms with E-state index in [1.54, 1.807) is 12.1 Å². The van der Waals surface area contributed by atoms with Crippen LogP contribution in [0.5, 0.6) is 0 Å². The Morgan fingerprint density at radius 2 is 1.62 bits per heavy atom. The lowest BCUT2D eigenvalue weighted by Gasteiger charge is -2.41. The molecule has 9 heteroatoms. The largest absolute Gasteiger partial charge is 0.478 e. The van der Waals surface area contributed by atoms with Crippen LogP contribution in [0.3, 0.4) is 0 Å². The minimum atomic E-state index is -3.96. The van der Waals surface area contributed by atoms with E-state index in [0.29, 0.717) is 11.7 Å². The number of piperidine rings is 2. The molecule has 0 spiro atoms. The Balaban J connectivity index is 1.49. The summed E-state index contributed by atoms with van der Waals surface area (Å²) < 4.78 is 40.6. The summed E-state index contributed by atoms with van der Waals surface area (Å²) in [4.78, 5) is 16.5. The Kier molecular flexibility index (Phi) is 6.66. The Bertz CT molecular complexity index is 1060. The van der Waals surface area contributed by atoms with Crippen LogP contribution in [0.4, 0.5) is 15.8 Å². The van der Waals surface area contributed by atoms with Crippen molar-refractivity contribution in [3.05, 3.63) is 53.8 Å². The molecule has 2 N–H and O–H groups in total. The molecule has 2 saturated heterocycles. The van der Waals surface area contributed by atoms with Crippen molar-refractivity contribution in [1.29, 1.82) is 0 Å². The first-order valence-corrected chi connectivity index (χ1v) is 12.5. The fourth-order valence-electron chi connectivity index (χ4n) is 4.63. The molecule has 2 heterocycles. The summed E-state index contributed by atoms with van der Waals surface area (Å²) in [6.45, 7) is 3.83. The summed E-state index contributed by atoms with van der Waals surface area (Å²) in [5, 5.41) is 9.77. The predicted octanol–water partition coefficient (Wildman–Crippen LogP) is 3.78. The number of benzene rings is 2. The van der Waals surface area contributed by atoms with E-state index in [0.717, 1.165) is 63.3 Å². The van der Waals surface area contributed by atoms with Crippen molar-refractivity contribution in [1.82, 2.24) is 4.90 Å². The molecular formula is C23H28FN3O4S. The zero-order chi connectivity index (χ0) is 22.7. The van der Waals surface area contributed by atoms with Crippen molar-refractivity contribution in [3.63, 3.8) is 0 Å². The maximum absolute atomic E-state index is 13.1. The molecule has 2 aliphatic heterocycles. The lowest BCUT2D eigenvalue weighted by atomic mass is 9.98. The molecule has 0 aliphatic carbocycles. The second-order valence-electron chi connectivity index (χ2n) is 8.41. The first-order chi connectivity index (χ1) is 15.3. The molecule has 2 aromatic carbocycles. The van der Waals surface area contributed by atoms with Crippen LogP contribution < -0.4 is 9.62 Å². The highest BCUT2D eigenvalue weighted by molar-refractivity contribution is 7.92. The summed E-state index contributed by atoms with van der Waals surface area (Å²) in [6, 6.07) is 9.57. The molecule has 0 aromatic heterocycles. The number of hydrogen-bond acceptors (Lipinski definition) is 5. The average molecular weight is 462 g/mol. The maximum Gasteiger partial charge on any atom is 0.337 e. The molecule has 0 radical (unpaired) electrons. The number of hydrogen-bond donors (Lipinski definition) is 2. The van der Waals surface area contributed by atoms with Crippen molar-refractivity contribution in [2.75, 3.05) is 35.8 Å². The molecule has 0 unspecified atom stereocenters. The van der Waals surface area contributed by atoms with E-state index < -0.39 is 21.8 Å². The second-order valence-corrected chi connectivity index (χ2v) is 10.1. The number of sulfonamides is 1. The standard InChI is InChI=1S/C23H28FN3O4S/c24-17-4-7-20(8-5-17)32(30,31)25-18-6-9-22(21(16-18)23(28)29)27-14-10-19(11-15-27)26-12-2-1-3-13-26/h4-9,16,19,25H,1-3,10-15H2,(H,28,29). The van der Waals surface area contributed by atoms with Crippen molar-refractivity contribution in [2.24, 2.45) is 0 Å². The molecule has 4 rings (SSSR count). The first kappa shape index (κ1) is 22.5. The fraction of sp³-hybridized carbons (Fsp3) is 0.435. The second kappa shape index (κ2) is 9.46. The van der Waals surface area contributed by atoms with E-state index in [4.69, 9.17) is 0 Å². The summed E-state index contributed by atoms with van der Waals surface area (Å²) in [5.41, 5.74) is 0.804. The molecule has 0 bridgehead atoms. The van der Waals surface area contributed by atoms with Crippen LogP contribution in [0.1, 0.15) is 42.5 Å². The molecule has 172 valence electrons. The topological polar surface area (TPSA) is 89.9 Å². The molecule has 2 fully saturated rings. The molecule has 2 aromatic rings. The van der Waals surface area contributed by atoms with Crippen molar-refractivity contribution in [3.8, 4) is 0 Å². The van der Waals surface area contributed by atoms with Gasteiger partial charge >= 0.3 is 5.97 Å². The van der Waals surface area contributed by atoms with Gasteiger partial charge < -0.3 is 14.9 Å². The van der Waals surface area contributed by atoms with Gasteiger partial charge in [0.15, 0.2) is 0 Å². The Morgan fingerprint density at radius 1 is 0.969 bits per heavy atom. The summed E-state index contributed by atoms with van der Waals surface area (Å²) >= 11 is 0. The molecule has 32 heavy (non-hydrogen) atoms. The highest BCUT2D eigenvalue weighted by Crippen LogP contribution is 2.30. The van der Waals surface area contributed by atoms with Gasteiger partial charge in [0.25, 0.3) is 10.0 Å². The zero-order valence-electron chi connectivity index (χ0n) is 17.8. The van der Waals surface area contributed by atoms with Gasteiger partial charge in [0, 0.05) is 24.8 Å². The zero-order valence-corrected chi connectivity index (χ0v) is 18.7. The number of nitrogens with zero attached hydrogens (tertiary/aromatic N) is 2. The molecule has 0 atom stereocenters. The third kappa shape index (κ3) is 5.05. The van der Waals surface area contributed by atoms with Crippen LogP contribution in [0, 0.1) is 5.82 Å². The number of likely N-dealkylation sites (tertiary alicyclic amines) is 1. The van der Waals surface area contributed by atoms with E-state index in [1.807, 2.05) is 0 Å². The minimum Gasteiger partial charge on any atom is -0.478 e. The summed E-state index contributed by atoms with van der Waals surface area (Å²) in [5.74, 6) is -1.65. The number of carboxylic acids is 1. The minimum absolute atomic E-state index is 0.0562. The van der Waals surface area contributed by atoms with Gasteiger partial charge in [-0.2, -0.15) is 0 Å². The van der Waals surface area contributed by atoms with Gasteiger partial charge in [-0.15, -0.1) is 0 Å². The van der Waals surface area contributed by atoms with Gasteiger partial charge in [0.1, 0.15) is 5.82 Å². The summed E-state index contributed by atoms with van der Waals surface area (Å²) in [7, 11) is -3.96. The molecular weight excluding hydrogens is 433 g/mol. The van der Waals surface area contributed by atoms with Gasteiger partial charge in [-0.05, 0) is 81.2 Å². The molecule has 7 nitrogen and oxygen atoms in total. The lowest BCUT2D eigenvalue weighted by molar-refractivity contribution is 0.0697. The third-order valence-electron chi connectivity index (χ3n) is 6.32. The van der Waals surface area contributed by atoms with Gasteiger partial charge in [-0.1, -0.05) is 6.42 Å². The van der Waals surface area contributed by atoms with Crippen LogP contribution >= 0.6 is 0 Å². The molecule has 2 aliphatic rings. The van der Waals surface area contributed by atoms with Crippen LogP contribution in [0.15, 0.2) is 47.4 Å². The Hall–Kier alpha value is -2.65. The van der Waals surface area contributed by atoms with Crippen LogP contribution in [-0.2, 0) is 10.0 Å². The third-order valence-corrected chi connectivity index (χ3v) is 7.71. The maximum atomic E-state index is 13.1. The van der Waals surface area contributed by atoms with Gasteiger partial charge in [0.05, 0.1) is 16.1 Å². The number of nitrogens with one attached hydrogen (secondary N) is 1. The Morgan fingerprint density at radius 3 is 2.25 bits per heavy atom. The number of anilines is 2. The quantitative estimate of drug-likeness (QED) is 0.681. The van der Waals surface area contributed by atoms with Crippen molar-refractivity contribution < 1.29 is 22.7 Å². The lowest BCUT2D eigenvalue weighted by Crippen LogP contribution is -2.47. The predicted molar refractivity (Wildman–Crippen MR) is 121 cm³/mol. The number of halogens is 1. The smallest absolute Gasteiger partial charge is 0.337 e. The van der Waals surface area contributed by atoms with Crippen molar-refractivity contribution >= 4 is 27.4 Å². The number of aromatic carboxylic acids is 1. The fourth-order valence-corrected chi connectivity index (χ4v) is 5.68. The van der Waals surface area contributed by atoms with Crippen LogP contribution in [0.25, 0.3) is 0 Å². The van der Waals surface area contributed by atoms with E-state index in [9.17, 15) is 22.7 Å². The van der Waals surface area contributed by atoms with Gasteiger partial charge in [-0.3, -0.25) is 4.72 Å². The molecule has 0 saturated carbocycles. The van der Waals surface area contributed by atoms with Gasteiger partial charge in [-0.25, -0.2) is 17.6 Å². The van der Waals surface area contributed by atoms with Crippen LogP contribution in [-0.4, -0.2) is 56.6 Å². The monoisotopic (exact) mass is 461 g/mol. The van der Waals surface area contributed by atoms with E-state index in [1.165, 1.54) is 25.3 Å². The number of carboxylic acid groups (broad SMARTS) is 1. The SMILES string of the molecule is O=C(O)c1cc(NS(=O)(=O)c2ccc(F)cc2)ccc1N1CCC(N2CCCCC2)CC1. The Labute approximate surface area is 187 Å². The highest BCUT2D eigenvalue weighted by Gasteiger charge is 2.27. The number of rotatable bonds is 6. The van der Waals surface area contributed by atoms with E-state index >= 15 is 0 Å². The molecule has 0 amide bonds. The van der Waals surface area contributed by atoms with Crippen molar-refractivity contribution in [2.45, 2.75) is 43.0 Å². The van der Waals surface area contributed by atoms with Crippen LogP contribution in [0.2, 0.25) is 0 Å². The first-order valence-electron chi connectivity index (χ1n) is 11.0. The normalized spacial score (nSPS) is 18.5. The number of carbonyl (C=O) groups is 1. The summed E-state index contributed by atoms with van der Waals surface area (Å²) in [6.07, 6.45) is 5.77. The average Bonchev–Trinajstić information content (AvgIpc) is 2.80. The van der Waals surface area contributed by atoms with Gasteiger partial charge in [0.2, 0.25) is 0 Å². The van der Waals surface area contributed by atoms with E-state index in [2.05, 4.69) is 14.5 Å².